The molecule has 0 atom stereocenters. The third-order valence-corrected chi connectivity index (χ3v) is 3.54. The van der Waals surface area contributed by atoms with E-state index in [0.29, 0.717) is 6.54 Å². The summed E-state index contributed by atoms with van der Waals surface area (Å²) in [5.74, 6) is -2.00. The van der Waals surface area contributed by atoms with Gasteiger partial charge in [-0.25, -0.2) is 8.78 Å². The van der Waals surface area contributed by atoms with Crippen LogP contribution in [0.25, 0.3) is 0 Å². The van der Waals surface area contributed by atoms with E-state index in [2.05, 4.69) is 10.2 Å². The number of halogens is 2. The van der Waals surface area contributed by atoms with E-state index in [4.69, 9.17) is 5.73 Å². The van der Waals surface area contributed by atoms with Gasteiger partial charge < -0.3 is 16.0 Å². The molecule has 4 nitrogen and oxygen atoms in total. The molecule has 0 aliphatic carbocycles. The lowest BCUT2D eigenvalue weighted by Crippen LogP contribution is -2.45. The molecule has 3 N–H and O–H groups in total. The first-order valence-electron chi connectivity index (χ1n) is 6.78. The summed E-state index contributed by atoms with van der Waals surface area (Å²) >= 11 is 0. The number of carbonyl (C=O) groups excluding carboxylic acids is 1. The molecule has 0 radical (unpaired) electrons. The Bertz CT molecular complexity index is 473. The van der Waals surface area contributed by atoms with Crippen LogP contribution in [-0.4, -0.2) is 43.0 Å². The highest BCUT2D eigenvalue weighted by atomic mass is 19.1. The Labute approximate surface area is 116 Å². The van der Waals surface area contributed by atoms with Crippen LogP contribution in [0.2, 0.25) is 0 Å². The van der Waals surface area contributed by atoms with E-state index in [1.807, 2.05) is 0 Å². The number of nitrogens with zero attached hydrogens (tertiary/aromatic N) is 1. The zero-order valence-electron chi connectivity index (χ0n) is 11.2. The van der Waals surface area contributed by atoms with Gasteiger partial charge in [-0.1, -0.05) is 0 Å². The van der Waals surface area contributed by atoms with Crippen molar-refractivity contribution in [2.24, 2.45) is 5.73 Å². The van der Waals surface area contributed by atoms with E-state index in [1.54, 1.807) is 0 Å². The molecule has 0 unspecified atom stereocenters. The van der Waals surface area contributed by atoms with Crippen molar-refractivity contribution < 1.29 is 13.6 Å². The molecule has 1 heterocycles. The third kappa shape index (κ3) is 3.74. The van der Waals surface area contributed by atoms with Gasteiger partial charge in [0.2, 0.25) is 0 Å². The van der Waals surface area contributed by atoms with Crippen LogP contribution in [0.1, 0.15) is 23.2 Å². The summed E-state index contributed by atoms with van der Waals surface area (Å²) in [6.45, 7) is 3.22. The van der Waals surface area contributed by atoms with Crippen LogP contribution >= 0.6 is 0 Å². The molecule has 20 heavy (non-hydrogen) atoms. The normalized spacial score (nSPS) is 17.1. The Balaban J connectivity index is 1.89. The number of nitrogens with two attached hydrogens (primary N) is 1. The molecule has 2 rings (SSSR count). The molecule has 6 heteroatoms. The zero-order valence-corrected chi connectivity index (χ0v) is 11.2. The van der Waals surface area contributed by atoms with Crippen LogP contribution in [-0.2, 0) is 0 Å². The number of hydrogen-bond donors (Lipinski definition) is 2. The molecule has 1 aliphatic heterocycles. The van der Waals surface area contributed by atoms with Gasteiger partial charge in [-0.15, -0.1) is 0 Å². The van der Waals surface area contributed by atoms with Crippen LogP contribution in [0.3, 0.4) is 0 Å². The van der Waals surface area contributed by atoms with Crippen LogP contribution < -0.4 is 11.1 Å². The third-order valence-electron chi connectivity index (χ3n) is 3.54. The number of amides is 1. The van der Waals surface area contributed by atoms with Gasteiger partial charge in [0.25, 0.3) is 5.91 Å². The minimum Gasteiger partial charge on any atom is -0.349 e. The molecular weight excluding hydrogens is 264 g/mol. The minimum atomic E-state index is -0.830. The first-order chi connectivity index (χ1) is 9.60. The summed E-state index contributed by atoms with van der Waals surface area (Å²) in [4.78, 5) is 14.2. The maximum Gasteiger partial charge on any atom is 0.254 e. The van der Waals surface area contributed by atoms with Crippen LogP contribution in [0.15, 0.2) is 18.2 Å². The molecular formula is C14H19F2N3O. The molecule has 1 amide bonds. The fourth-order valence-electron chi connectivity index (χ4n) is 2.42. The fraction of sp³-hybridized carbons (Fsp3) is 0.500. The topological polar surface area (TPSA) is 58.4 Å². The van der Waals surface area contributed by atoms with Gasteiger partial charge in [-0.05, 0) is 25.0 Å². The van der Waals surface area contributed by atoms with Gasteiger partial charge >= 0.3 is 0 Å². The second kappa shape index (κ2) is 6.76. The Morgan fingerprint density at radius 1 is 1.35 bits per heavy atom. The van der Waals surface area contributed by atoms with E-state index in [9.17, 15) is 13.6 Å². The van der Waals surface area contributed by atoms with Gasteiger partial charge in [0.1, 0.15) is 11.6 Å². The van der Waals surface area contributed by atoms with Crippen molar-refractivity contribution in [1.29, 1.82) is 0 Å². The number of likely N-dealkylation sites (tertiary alicyclic amines) is 1. The van der Waals surface area contributed by atoms with Crippen LogP contribution in [0.5, 0.6) is 0 Å². The summed E-state index contributed by atoms with van der Waals surface area (Å²) in [5.41, 5.74) is 5.38. The van der Waals surface area contributed by atoms with Crippen molar-refractivity contribution in [3.8, 4) is 0 Å². The maximum atomic E-state index is 13.5. The first-order valence-corrected chi connectivity index (χ1v) is 6.78. The average molecular weight is 283 g/mol. The highest BCUT2D eigenvalue weighted by Crippen LogP contribution is 2.13. The summed E-state index contributed by atoms with van der Waals surface area (Å²) < 4.78 is 26.3. The van der Waals surface area contributed by atoms with Gasteiger partial charge in [0.15, 0.2) is 0 Å². The number of nitrogens with one attached hydrogen (secondary N) is 1. The lowest BCUT2D eigenvalue weighted by atomic mass is 10.0. The second-order valence-electron chi connectivity index (χ2n) is 5.00. The molecule has 1 saturated heterocycles. The van der Waals surface area contributed by atoms with Crippen molar-refractivity contribution in [3.05, 3.63) is 35.4 Å². The summed E-state index contributed by atoms with van der Waals surface area (Å²) in [6, 6.07) is 3.01. The van der Waals surface area contributed by atoms with Crippen LogP contribution in [0.4, 0.5) is 8.78 Å². The summed E-state index contributed by atoms with van der Waals surface area (Å²) in [6.07, 6.45) is 1.63. The minimum absolute atomic E-state index is 0.0287. The molecule has 1 aliphatic rings. The van der Waals surface area contributed by atoms with Crippen molar-refractivity contribution in [2.45, 2.75) is 18.9 Å². The van der Waals surface area contributed by atoms with Gasteiger partial charge in [0, 0.05) is 38.3 Å². The van der Waals surface area contributed by atoms with Gasteiger partial charge in [-0.3, -0.25) is 4.79 Å². The molecule has 0 saturated carbocycles. The first kappa shape index (κ1) is 14.9. The van der Waals surface area contributed by atoms with E-state index in [1.165, 1.54) is 6.07 Å². The summed E-state index contributed by atoms with van der Waals surface area (Å²) in [7, 11) is 0. The number of hydrogen-bond acceptors (Lipinski definition) is 3. The summed E-state index contributed by atoms with van der Waals surface area (Å²) in [5, 5.41) is 2.80. The highest BCUT2D eigenvalue weighted by Gasteiger charge is 2.21. The van der Waals surface area contributed by atoms with E-state index in [0.717, 1.165) is 44.6 Å². The molecule has 1 aromatic carbocycles. The lowest BCUT2D eigenvalue weighted by Gasteiger charge is -2.32. The smallest absolute Gasteiger partial charge is 0.254 e. The molecule has 0 spiro atoms. The predicted octanol–water partition coefficient (Wildman–Crippen LogP) is 1.12. The Kier molecular flexibility index (Phi) is 5.03. The molecule has 0 bridgehead atoms. The Morgan fingerprint density at radius 2 is 2.05 bits per heavy atom. The van der Waals surface area contributed by atoms with Crippen LogP contribution in [0, 0.1) is 11.6 Å². The van der Waals surface area contributed by atoms with E-state index < -0.39 is 17.5 Å². The monoisotopic (exact) mass is 283 g/mol. The molecule has 0 aromatic heterocycles. The maximum absolute atomic E-state index is 13.5. The standard InChI is InChI=1S/C14H19F2N3O/c15-10-1-2-12(13(16)9-10)14(20)18-11-3-6-19(7-4-11)8-5-17/h1-2,9,11H,3-8,17H2,(H,18,20). The Morgan fingerprint density at radius 3 is 2.65 bits per heavy atom. The van der Waals surface area contributed by atoms with Crippen molar-refractivity contribution >= 4 is 5.91 Å². The van der Waals surface area contributed by atoms with Crippen molar-refractivity contribution in [1.82, 2.24) is 10.2 Å². The lowest BCUT2D eigenvalue weighted by molar-refractivity contribution is 0.0908. The second-order valence-corrected chi connectivity index (χ2v) is 5.00. The largest absolute Gasteiger partial charge is 0.349 e. The average Bonchev–Trinajstić information content (AvgIpc) is 2.41. The number of benzene rings is 1. The van der Waals surface area contributed by atoms with Crippen molar-refractivity contribution in [2.75, 3.05) is 26.2 Å². The number of piperidine rings is 1. The van der Waals surface area contributed by atoms with E-state index in [-0.39, 0.29) is 11.6 Å². The Hall–Kier alpha value is -1.53. The fourth-order valence-corrected chi connectivity index (χ4v) is 2.42. The highest BCUT2D eigenvalue weighted by molar-refractivity contribution is 5.94. The predicted molar refractivity (Wildman–Crippen MR) is 72.3 cm³/mol. The molecule has 110 valence electrons. The van der Waals surface area contributed by atoms with Gasteiger partial charge in [-0.2, -0.15) is 0 Å². The number of rotatable bonds is 4. The molecule has 1 fully saturated rings. The van der Waals surface area contributed by atoms with Crippen molar-refractivity contribution in [3.63, 3.8) is 0 Å². The van der Waals surface area contributed by atoms with E-state index >= 15 is 0 Å². The number of carbonyl (C=O) groups is 1. The SMILES string of the molecule is NCCN1CCC(NC(=O)c2ccc(F)cc2F)CC1. The quantitative estimate of drug-likeness (QED) is 0.870. The zero-order chi connectivity index (χ0) is 14.5. The molecule has 1 aromatic rings. The van der Waals surface area contributed by atoms with Gasteiger partial charge in [0.05, 0.1) is 5.56 Å².